The quantitative estimate of drug-likeness (QED) is 0.376. The molecule has 34 heavy (non-hydrogen) atoms. The number of aryl methyl sites for hydroxylation is 1. The van der Waals surface area contributed by atoms with Crippen LogP contribution in [0.2, 0.25) is 0 Å². The molecule has 0 unspecified atom stereocenters. The molecule has 2 aliphatic rings. The van der Waals surface area contributed by atoms with Crippen LogP contribution in [0.15, 0.2) is 59.6 Å². The van der Waals surface area contributed by atoms with Crippen molar-refractivity contribution in [2.24, 2.45) is 4.99 Å². The summed E-state index contributed by atoms with van der Waals surface area (Å²) in [4.78, 5) is 19.5. The highest BCUT2D eigenvalue weighted by atomic mass is 32.1. The Hall–Kier alpha value is -2.92. The third-order valence-electron chi connectivity index (χ3n) is 6.78. The van der Waals surface area contributed by atoms with Crippen molar-refractivity contribution in [1.29, 1.82) is 0 Å². The Morgan fingerprint density at radius 1 is 0.971 bits per heavy atom. The molecule has 1 fully saturated rings. The summed E-state index contributed by atoms with van der Waals surface area (Å²) in [5.41, 5.74) is 4.21. The second kappa shape index (κ2) is 11.0. The van der Waals surface area contributed by atoms with Crippen molar-refractivity contribution in [1.82, 2.24) is 5.32 Å². The van der Waals surface area contributed by atoms with Crippen LogP contribution in [0.3, 0.4) is 0 Å². The fourth-order valence-corrected chi connectivity index (χ4v) is 6.14. The SMILES string of the molecule is O=C(NC1CCCCC1)c1c(/N=C\c2ccc(OCc3ccccc3)cc2)sc2c1CCCC2. The van der Waals surface area contributed by atoms with Gasteiger partial charge in [0.2, 0.25) is 0 Å². The molecule has 4 nitrogen and oxygen atoms in total. The predicted molar refractivity (Wildman–Crippen MR) is 140 cm³/mol. The molecule has 0 bridgehead atoms. The first-order valence-corrected chi connectivity index (χ1v) is 13.3. The number of fused-ring (bicyclic) bond motifs is 1. The van der Waals surface area contributed by atoms with E-state index in [9.17, 15) is 4.79 Å². The summed E-state index contributed by atoms with van der Waals surface area (Å²) in [5, 5.41) is 4.17. The predicted octanol–water partition coefficient (Wildman–Crippen LogP) is 7.02. The Labute approximate surface area is 206 Å². The summed E-state index contributed by atoms with van der Waals surface area (Å²) in [5.74, 6) is 0.906. The Morgan fingerprint density at radius 3 is 2.53 bits per heavy atom. The van der Waals surface area contributed by atoms with E-state index in [0.29, 0.717) is 12.6 Å². The van der Waals surface area contributed by atoms with Crippen LogP contribution in [0, 0.1) is 0 Å². The van der Waals surface area contributed by atoms with E-state index in [1.807, 2.05) is 48.7 Å². The van der Waals surface area contributed by atoms with E-state index >= 15 is 0 Å². The van der Waals surface area contributed by atoms with Crippen molar-refractivity contribution >= 4 is 28.5 Å². The zero-order chi connectivity index (χ0) is 23.2. The van der Waals surface area contributed by atoms with Gasteiger partial charge in [-0.05, 0) is 79.5 Å². The van der Waals surface area contributed by atoms with Gasteiger partial charge in [0.05, 0.1) is 5.56 Å². The Balaban J connectivity index is 1.29. The molecule has 3 aromatic rings. The van der Waals surface area contributed by atoms with Gasteiger partial charge in [0.25, 0.3) is 5.91 Å². The van der Waals surface area contributed by atoms with Gasteiger partial charge in [-0.3, -0.25) is 4.79 Å². The third-order valence-corrected chi connectivity index (χ3v) is 7.98. The van der Waals surface area contributed by atoms with Gasteiger partial charge < -0.3 is 10.1 Å². The monoisotopic (exact) mass is 472 g/mol. The van der Waals surface area contributed by atoms with Crippen molar-refractivity contribution in [2.45, 2.75) is 70.4 Å². The van der Waals surface area contributed by atoms with Gasteiger partial charge in [-0.1, -0.05) is 49.6 Å². The zero-order valence-electron chi connectivity index (χ0n) is 19.6. The van der Waals surface area contributed by atoms with Crippen LogP contribution in [-0.2, 0) is 19.4 Å². The molecule has 1 aromatic heterocycles. The van der Waals surface area contributed by atoms with E-state index in [2.05, 4.69) is 17.4 Å². The number of ether oxygens (including phenoxy) is 1. The smallest absolute Gasteiger partial charge is 0.254 e. The minimum absolute atomic E-state index is 0.0723. The summed E-state index contributed by atoms with van der Waals surface area (Å²) in [6.45, 7) is 0.550. The standard InChI is InChI=1S/C29H32N2O2S/c32-28(31-23-11-5-2-6-12-23)27-25-13-7-8-14-26(25)34-29(27)30-19-21-15-17-24(18-16-21)33-20-22-9-3-1-4-10-22/h1,3-4,9-10,15-19,23H,2,5-8,11-14,20H2,(H,31,32)/b30-19-. The van der Waals surface area contributed by atoms with Gasteiger partial charge in [-0.25, -0.2) is 4.99 Å². The number of carbonyl (C=O) groups is 1. The fourth-order valence-electron chi connectivity index (χ4n) is 4.91. The number of rotatable bonds is 7. The molecule has 5 rings (SSSR count). The average Bonchev–Trinajstić information content (AvgIpc) is 3.27. The van der Waals surface area contributed by atoms with Crippen LogP contribution in [0.4, 0.5) is 5.00 Å². The van der Waals surface area contributed by atoms with Gasteiger partial charge in [0, 0.05) is 17.1 Å². The van der Waals surface area contributed by atoms with E-state index in [4.69, 9.17) is 9.73 Å². The van der Waals surface area contributed by atoms with Crippen molar-refractivity contribution in [2.75, 3.05) is 0 Å². The maximum Gasteiger partial charge on any atom is 0.254 e. The maximum absolute atomic E-state index is 13.3. The van der Waals surface area contributed by atoms with Crippen molar-refractivity contribution < 1.29 is 9.53 Å². The molecule has 1 N–H and O–H groups in total. The average molecular weight is 473 g/mol. The van der Waals surface area contributed by atoms with Gasteiger partial charge >= 0.3 is 0 Å². The van der Waals surface area contributed by atoms with Crippen LogP contribution in [0.5, 0.6) is 5.75 Å². The molecule has 1 amide bonds. The van der Waals surface area contributed by atoms with Crippen molar-refractivity contribution in [3.63, 3.8) is 0 Å². The highest BCUT2D eigenvalue weighted by Gasteiger charge is 2.27. The first-order valence-electron chi connectivity index (χ1n) is 12.5. The highest BCUT2D eigenvalue weighted by Crippen LogP contribution is 2.40. The van der Waals surface area contributed by atoms with E-state index in [1.165, 1.54) is 36.1 Å². The number of carbonyl (C=O) groups excluding carboxylic acids is 1. The van der Waals surface area contributed by atoms with Crippen LogP contribution < -0.4 is 10.1 Å². The molecule has 0 radical (unpaired) electrons. The van der Waals surface area contributed by atoms with E-state index in [-0.39, 0.29) is 5.91 Å². The highest BCUT2D eigenvalue weighted by molar-refractivity contribution is 7.16. The van der Waals surface area contributed by atoms with E-state index in [0.717, 1.165) is 59.5 Å². The molecule has 0 spiro atoms. The second-order valence-electron chi connectivity index (χ2n) is 9.30. The second-order valence-corrected chi connectivity index (χ2v) is 10.4. The summed E-state index contributed by atoms with van der Waals surface area (Å²) in [7, 11) is 0. The minimum Gasteiger partial charge on any atom is -0.489 e. The third kappa shape index (κ3) is 5.58. The molecule has 176 valence electrons. The molecule has 5 heteroatoms. The lowest BCUT2D eigenvalue weighted by Gasteiger charge is -2.23. The lowest BCUT2D eigenvalue weighted by atomic mass is 9.93. The largest absolute Gasteiger partial charge is 0.489 e. The fraction of sp³-hybridized carbons (Fsp3) is 0.379. The number of benzene rings is 2. The summed E-state index contributed by atoms with van der Waals surface area (Å²) in [6, 6.07) is 18.4. The molecule has 0 aliphatic heterocycles. The normalized spacial score (nSPS) is 16.4. The molecular formula is C29H32N2O2S. The van der Waals surface area contributed by atoms with Crippen LogP contribution in [0.1, 0.15) is 76.9 Å². The Bertz CT molecular complexity index is 1130. The lowest BCUT2D eigenvalue weighted by Crippen LogP contribution is -2.36. The Morgan fingerprint density at radius 2 is 1.74 bits per heavy atom. The van der Waals surface area contributed by atoms with Crippen LogP contribution in [-0.4, -0.2) is 18.2 Å². The zero-order valence-corrected chi connectivity index (χ0v) is 20.4. The lowest BCUT2D eigenvalue weighted by molar-refractivity contribution is 0.0927. The molecule has 0 atom stereocenters. The molecule has 1 saturated carbocycles. The number of thiophene rings is 1. The van der Waals surface area contributed by atoms with Gasteiger partial charge in [-0.2, -0.15) is 0 Å². The van der Waals surface area contributed by atoms with Gasteiger partial charge in [-0.15, -0.1) is 11.3 Å². The topological polar surface area (TPSA) is 50.7 Å². The first kappa shape index (κ1) is 22.9. The Kier molecular flexibility index (Phi) is 7.40. The molecule has 2 aromatic carbocycles. The summed E-state index contributed by atoms with van der Waals surface area (Å²) < 4.78 is 5.89. The van der Waals surface area contributed by atoms with E-state index in [1.54, 1.807) is 11.3 Å². The molecule has 2 aliphatic carbocycles. The number of hydrogen-bond donors (Lipinski definition) is 1. The van der Waals surface area contributed by atoms with Crippen molar-refractivity contribution in [3.05, 3.63) is 81.7 Å². The number of hydrogen-bond acceptors (Lipinski definition) is 4. The molecular weight excluding hydrogens is 440 g/mol. The van der Waals surface area contributed by atoms with Gasteiger partial charge in [0.15, 0.2) is 0 Å². The number of nitrogens with zero attached hydrogens (tertiary/aromatic N) is 1. The minimum atomic E-state index is 0.0723. The van der Waals surface area contributed by atoms with E-state index < -0.39 is 0 Å². The van der Waals surface area contributed by atoms with Crippen LogP contribution in [0.25, 0.3) is 0 Å². The maximum atomic E-state index is 13.3. The number of aliphatic imine (C=N–C) groups is 1. The summed E-state index contributed by atoms with van der Waals surface area (Å²) >= 11 is 1.70. The first-order chi connectivity index (χ1) is 16.8. The van der Waals surface area contributed by atoms with Crippen LogP contribution >= 0.6 is 11.3 Å². The number of nitrogens with one attached hydrogen (secondary N) is 1. The summed E-state index contributed by atoms with van der Waals surface area (Å²) in [6.07, 6.45) is 12.2. The van der Waals surface area contributed by atoms with Gasteiger partial charge in [0.1, 0.15) is 17.4 Å². The number of amides is 1. The van der Waals surface area contributed by atoms with Crippen molar-refractivity contribution in [3.8, 4) is 5.75 Å². The molecule has 1 heterocycles. The molecule has 0 saturated heterocycles.